The van der Waals surface area contributed by atoms with Gasteiger partial charge in [0.1, 0.15) is 11.1 Å². The maximum atomic E-state index is 11.9. The van der Waals surface area contributed by atoms with Crippen molar-refractivity contribution in [2.75, 3.05) is 20.3 Å². The number of β-lactam (4-membered cyclic amide) rings is 1. The third kappa shape index (κ3) is 1.75. The Balaban J connectivity index is 2.35. The number of carbonyl (C=O) groups is 2. The van der Waals surface area contributed by atoms with Crippen LogP contribution >= 0.6 is 11.8 Å². The minimum Gasteiger partial charge on any atom is -0.477 e. The summed E-state index contributed by atoms with van der Waals surface area (Å²) in [6.45, 7) is 1.63. The minimum atomic E-state index is -1.13. The van der Waals surface area contributed by atoms with Gasteiger partial charge in [-0.1, -0.05) is 11.8 Å². The monoisotopic (exact) mass is 271 g/mol. The molecule has 0 aliphatic carbocycles. The van der Waals surface area contributed by atoms with Gasteiger partial charge in [0.05, 0.1) is 18.8 Å². The lowest BCUT2D eigenvalue weighted by Crippen LogP contribution is -2.52. The molecule has 1 amide bonds. The fourth-order valence-electron chi connectivity index (χ4n) is 1.99. The molecule has 1 saturated heterocycles. The molecule has 0 spiro atoms. The van der Waals surface area contributed by atoms with Crippen LogP contribution < -0.4 is 0 Å². The molecule has 2 aliphatic rings. The van der Waals surface area contributed by atoms with Crippen molar-refractivity contribution in [3.05, 3.63) is 21.7 Å². The molecule has 0 aromatic heterocycles. The summed E-state index contributed by atoms with van der Waals surface area (Å²) in [4.78, 5) is 24.9. The number of amides is 1. The van der Waals surface area contributed by atoms with E-state index in [2.05, 4.69) is 0 Å². The van der Waals surface area contributed by atoms with E-state index in [4.69, 9.17) is 14.9 Å². The number of ether oxygens (including phenoxy) is 1. The fraction of sp³-hybridized carbons (Fsp3) is 0.455. The smallest absolute Gasteiger partial charge is 0.353 e. The minimum absolute atomic E-state index is 0.00802. The Morgan fingerprint density at radius 3 is 2.72 bits per heavy atom. The van der Waals surface area contributed by atoms with Crippen molar-refractivity contribution in [1.29, 1.82) is 0 Å². The topological polar surface area (TPSA) is 87.1 Å². The molecule has 1 atom stereocenters. The number of aliphatic carboxylic acids is 1. The summed E-state index contributed by atoms with van der Waals surface area (Å²) in [6.07, 6.45) is 0. The highest BCUT2D eigenvalue weighted by atomic mass is 32.2. The van der Waals surface area contributed by atoms with E-state index in [9.17, 15) is 9.59 Å². The van der Waals surface area contributed by atoms with Gasteiger partial charge in [-0.3, -0.25) is 9.69 Å². The molecule has 0 aromatic carbocycles. The van der Waals surface area contributed by atoms with Crippen molar-refractivity contribution >= 4 is 23.6 Å². The van der Waals surface area contributed by atoms with Gasteiger partial charge < -0.3 is 14.9 Å². The number of methoxy groups -OCH3 is 1. The molecule has 2 N–H and O–H groups in total. The van der Waals surface area contributed by atoms with Crippen LogP contribution in [0.1, 0.15) is 6.92 Å². The van der Waals surface area contributed by atoms with Gasteiger partial charge in [0.25, 0.3) is 5.91 Å². The summed E-state index contributed by atoms with van der Waals surface area (Å²) >= 11 is 1.29. The molecule has 0 saturated carbocycles. The number of carbonyl (C=O) groups excluding carboxylic acids is 1. The predicted octanol–water partition coefficient (Wildman–Crippen LogP) is 0.153. The number of carboxylic acid groups (broad SMARTS) is 1. The van der Waals surface area contributed by atoms with Crippen molar-refractivity contribution in [1.82, 2.24) is 4.90 Å². The standard InChI is InChI=1S/C11H13NO5S/c1-5(3-13)7-9(14)12-8(11(15)16)6(4-17-2)18-10(7)12/h10,13H,3-4H2,1-2H3,(H,15,16)/t10-/m1/s1. The Bertz CT molecular complexity index is 482. The largest absolute Gasteiger partial charge is 0.477 e. The molecule has 0 unspecified atom stereocenters. The van der Waals surface area contributed by atoms with Gasteiger partial charge in [-0.2, -0.15) is 0 Å². The highest BCUT2D eigenvalue weighted by Crippen LogP contribution is 2.49. The highest BCUT2D eigenvalue weighted by Gasteiger charge is 2.53. The van der Waals surface area contributed by atoms with Crippen LogP contribution in [-0.4, -0.2) is 52.7 Å². The Hall–Kier alpha value is -1.31. The number of nitrogens with zero attached hydrogens (tertiary/aromatic N) is 1. The maximum Gasteiger partial charge on any atom is 0.353 e. The number of carboxylic acids is 1. The maximum absolute atomic E-state index is 11.9. The van der Waals surface area contributed by atoms with Crippen LogP contribution in [0.4, 0.5) is 0 Å². The van der Waals surface area contributed by atoms with Gasteiger partial charge >= 0.3 is 5.97 Å². The molecule has 18 heavy (non-hydrogen) atoms. The van der Waals surface area contributed by atoms with Crippen LogP contribution in [0.25, 0.3) is 0 Å². The van der Waals surface area contributed by atoms with E-state index in [-0.39, 0.29) is 30.2 Å². The highest BCUT2D eigenvalue weighted by molar-refractivity contribution is 8.04. The molecular formula is C11H13NO5S. The Labute approximate surface area is 108 Å². The molecule has 0 bridgehead atoms. The van der Waals surface area contributed by atoms with Gasteiger partial charge in [0.2, 0.25) is 0 Å². The summed E-state index contributed by atoms with van der Waals surface area (Å²) in [5, 5.41) is 17.9. The number of fused-ring (bicyclic) bond motifs is 1. The molecule has 7 heteroatoms. The third-order valence-electron chi connectivity index (χ3n) is 2.86. The van der Waals surface area contributed by atoms with Crippen LogP contribution in [0.5, 0.6) is 0 Å². The van der Waals surface area contributed by atoms with Crippen LogP contribution in [0.3, 0.4) is 0 Å². The first-order valence-electron chi connectivity index (χ1n) is 5.29. The number of hydrogen-bond acceptors (Lipinski definition) is 5. The van der Waals surface area contributed by atoms with Gasteiger partial charge in [0, 0.05) is 12.0 Å². The predicted molar refractivity (Wildman–Crippen MR) is 64.5 cm³/mol. The average molecular weight is 271 g/mol. The summed E-state index contributed by atoms with van der Waals surface area (Å²) in [7, 11) is 1.47. The number of aliphatic hydroxyl groups is 1. The van der Waals surface area contributed by atoms with E-state index < -0.39 is 5.97 Å². The van der Waals surface area contributed by atoms with Gasteiger partial charge in [-0.05, 0) is 12.5 Å². The van der Waals surface area contributed by atoms with Gasteiger partial charge in [-0.25, -0.2) is 4.79 Å². The SMILES string of the molecule is COCC1=C(C(=O)O)N2C(=O)C(=C(C)CO)[C@H]2S1. The summed E-state index contributed by atoms with van der Waals surface area (Å²) in [5.41, 5.74) is 1.07. The Morgan fingerprint density at radius 2 is 2.22 bits per heavy atom. The first-order valence-corrected chi connectivity index (χ1v) is 6.17. The molecule has 6 nitrogen and oxygen atoms in total. The summed E-state index contributed by atoms with van der Waals surface area (Å²) in [5.74, 6) is -1.48. The molecule has 2 aliphatic heterocycles. The van der Waals surface area contributed by atoms with Crippen molar-refractivity contribution < 1.29 is 24.5 Å². The van der Waals surface area contributed by atoms with Crippen molar-refractivity contribution in [2.24, 2.45) is 0 Å². The van der Waals surface area contributed by atoms with Crippen LogP contribution in [0.2, 0.25) is 0 Å². The second-order valence-electron chi connectivity index (χ2n) is 4.01. The second kappa shape index (κ2) is 4.75. The lowest BCUT2D eigenvalue weighted by Gasteiger charge is -2.38. The summed E-state index contributed by atoms with van der Waals surface area (Å²) < 4.78 is 4.94. The van der Waals surface area contributed by atoms with E-state index in [0.29, 0.717) is 16.1 Å². The normalized spacial score (nSPS) is 25.2. The molecule has 1 fully saturated rings. The van der Waals surface area contributed by atoms with E-state index in [1.54, 1.807) is 6.92 Å². The van der Waals surface area contributed by atoms with Crippen LogP contribution in [0.15, 0.2) is 21.7 Å². The molecule has 2 rings (SSSR count). The zero-order chi connectivity index (χ0) is 13.4. The number of thioether (sulfide) groups is 1. The first-order chi connectivity index (χ1) is 8.52. The third-order valence-corrected chi connectivity index (χ3v) is 4.13. The molecule has 0 radical (unpaired) electrons. The number of hydrogen-bond donors (Lipinski definition) is 2. The van der Waals surface area contributed by atoms with Gasteiger partial charge in [-0.15, -0.1) is 0 Å². The quantitative estimate of drug-likeness (QED) is 0.559. The van der Waals surface area contributed by atoms with Crippen LogP contribution in [0, 0.1) is 0 Å². The lowest BCUT2D eigenvalue weighted by atomic mass is 9.99. The second-order valence-corrected chi connectivity index (χ2v) is 5.18. The molecular weight excluding hydrogens is 258 g/mol. The number of aliphatic hydroxyl groups excluding tert-OH is 1. The lowest BCUT2D eigenvalue weighted by molar-refractivity contribution is -0.141. The number of rotatable bonds is 4. The van der Waals surface area contributed by atoms with Gasteiger partial charge in [0.15, 0.2) is 0 Å². The molecule has 0 aromatic rings. The van der Waals surface area contributed by atoms with E-state index in [1.807, 2.05) is 0 Å². The van der Waals surface area contributed by atoms with E-state index in [1.165, 1.54) is 23.8 Å². The first kappa shape index (κ1) is 13.1. The van der Waals surface area contributed by atoms with E-state index in [0.717, 1.165) is 0 Å². The van der Waals surface area contributed by atoms with Crippen LogP contribution in [-0.2, 0) is 14.3 Å². The Morgan fingerprint density at radius 1 is 1.56 bits per heavy atom. The average Bonchev–Trinajstić information content (AvgIpc) is 2.64. The summed E-state index contributed by atoms with van der Waals surface area (Å²) in [6, 6.07) is 0. The van der Waals surface area contributed by atoms with Crippen molar-refractivity contribution in [3.63, 3.8) is 0 Å². The fourth-order valence-corrected chi connectivity index (χ4v) is 3.47. The molecule has 98 valence electrons. The van der Waals surface area contributed by atoms with Crippen molar-refractivity contribution in [3.8, 4) is 0 Å². The Kier molecular flexibility index (Phi) is 3.47. The van der Waals surface area contributed by atoms with E-state index >= 15 is 0 Å². The van der Waals surface area contributed by atoms with Crippen molar-refractivity contribution in [2.45, 2.75) is 12.3 Å². The molecule has 2 heterocycles. The zero-order valence-corrected chi connectivity index (χ0v) is 10.8. The zero-order valence-electron chi connectivity index (χ0n) is 9.97.